The van der Waals surface area contributed by atoms with Crippen LogP contribution >= 0.6 is 31.9 Å². The van der Waals surface area contributed by atoms with Gasteiger partial charge in [-0.25, -0.2) is 4.39 Å². The predicted octanol–water partition coefficient (Wildman–Crippen LogP) is 5.52. The van der Waals surface area contributed by atoms with Gasteiger partial charge in [0.25, 0.3) is 0 Å². The molecule has 0 saturated heterocycles. The lowest BCUT2D eigenvalue weighted by molar-refractivity contribution is 0.600. The molecule has 1 N–H and O–H groups in total. The number of hydrogen-bond acceptors (Lipinski definition) is 1. The van der Waals surface area contributed by atoms with E-state index in [4.69, 9.17) is 0 Å². The third-order valence-corrected chi connectivity index (χ3v) is 3.86. The monoisotopic (exact) mass is 371 g/mol. The van der Waals surface area contributed by atoms with Crippen molar-refractivity contribution in [2.24, 2.45) is 0 Å². The Morgan fingerprint density at radius 3 is 2.56 bits per heavy atom. The maximum Gasteiger partial charge on any atom is 0.128 e. The fourth-order valence-electron chi connectivity index (χ4n) is 1.74. The minimum atomic E-state index is -0.203. The van der Waals surface area contributed by atoms with E-state index in [-0.39, 0.29) is 11.9 Å². The number of rotatable bonds is 3. The van der Waals surface area contributed by atoms with E-state index < -0.39 is 0 Å². The van der Waals surface area contributed by atoms with Crippen molar-refractivity contribution in [3.8, 4) is 0 Å². The van der Waals surface area contributed by atoms with Crippen molar-refractivity contribution in [2.75, 3.05) is 5.32 Å². The van der Waals surface area contributed by atoms with Gasteiger partial charge < -0.3 is 5.32 Å². The zero-order valence-electron chi connectivity index (χ0n) is 9.75. The summed E-state index contributed by atoms with van der Waals surface area (Å²) in [4.78, 5) is 0. The van der Waals surface area contributed by atoms with Gasteiger partial charge in [0, 0.05) is 20.2 Å². The number of hydrogen-bond donors (Lipinski definition) is 1. The van der Waals surface area contributed by atoms with E-state index in [0.29, 0.717) is 5.56 Å². The number of benzene rings is 2. The van der Waals surface area contributed by atoms with E-state index in [1.807, 2.05) is 31.2 Å². The Labute approximate surface area is 123 Å². The quantitative estimate of drug-likeness (QED) is 0.747. The molecule has 0 aliphatic carbocycles. The summed E-state index contributed by atoms with van der Waals surface area (Å²) in [5.41, 5.74) is 1.59. The third kappa shape index (κ3) is 3.12. The van der Waals surface area contributed by atoms with Crippen molar-refractivity contribution < 1.29 is 4.39 Å². The molecule has 0 aliphatic heterocycles. The number of para-hydroxylation sites is 1. The van der Waals surface area contributed by atoms with E-state index >= 15 is 0 Å². The summed E-state index contributed by atoms with van der Waals surface area (Å²) in [5.74, 6) is -0.203. The highest BCUT2D eigenvalue weighted by atomic mass is 79.9. The van der Waals surface area contributed by atoms with Crippen LogP contribution in [0.4, 0.5) is 10.1 Å². The molecule has 0 spiro atoms. The molecule has 0 aliphatic rings. The Balaban J connectivity index is 2.25. The van der Waals surface area contributed by atoms with Crippen LogP contribution in [0.25, 0.3) is 0 Å². The van der Waals surface area contributed by atoms with Gasteiger partial charge in [0.15, 0.2) is 0 Å². The van der Waals surface area contributed by atoms with Gasteiger partial charge in [-0.05, 0) is 53.2 Å². The molecular weight excluding hydrogens is 361 g/mol. The number of halogens is 3. The van der Waals surface area contributed by atoms with Gasteiger partial charge in [-0.1, -0.05) is 28.1 Å². The average molecular weight is 373 g/mol. The summed E-state index contributed by atoms with van der Waals surface area (Å²) in [6.45, 7) is 1.93. The molecule has 0 radical (unpaired) electrons. The molecule has 1 nitrogen and oxygen atoms in total. The van der Waals surface area contributed by atoms with Crippen molar-refractivity contribution in [1.29, 1.82) is 0 Å². The van der Waals surface area contributed by atoms with Crippen LogP contribution in [0.1, 0.15) is 18.5 Å². The highest BCUT2D eigenvalue weighted by Gasteiger charge is 2.12. The van der Waals surface area contributed by atoms with Crippen LogP contribution in [0.3, 0.4) is 0 Å². The molecule has 1 atom stereocenters. The fourth-order valence-corrected chi connectivity index (χ4v) is 2.51. The first-order valence-electron chi connectivity index (χ1n) is 5.54. The van der Waals surface area contributed by atoms with Gasteiger partial charge in [0.2, 0.25) is 0 Å². The second-order valence-corrected chi connectivity index (χ2v) is 5.78. The zero-order chi connectivity index (χ0) is 13.1. The second-order valence-electron chi connectivity index (χ2n) is 4.01. The van der Waals surface area contributed by atoms with Crippen LogP contribution in [-0.4, -0.2) is 0 Å². The van der Waals surface area contributed by atoms with E-state index in [2.05, 4.69) is 37.2 Å². The Hall–Kier alpha value is -0.870. The van der Waals surface area contributed by atoms with E-state index in [9.17, 15) is 4.39 Å². The first-order chi connectivity index (χ1) is 8.58. The zero-order valence-corrected chi connectivity index (χ0v) is 12.9. The SMILES string of the molecule is CC(Nc1ccccc1Br)c1cc(Br)ccc1F. The Bertz CT molecular complexity index is 557. The van der Waals surface area contributed by atoms with Gasteiger partial charge in [-0.2, -0.15) is 0 Å². The predicted molar refractivity (Wildman–Crippen MR) is 80.3 cm³/mol. The van der Waals surface area contributed by atoms with Crippen molar-refractivity contribution in [3.05, 3.63) is 62.8 Å². The number of anilines is 1. The van der Waals surface area contributed by atoms with Crippen LogP contribution in [0, 0.1) is 5.82 Å². The van der Waals surface area contributed by atoms with Gasteiger partial charge in [0.1, 0.15) is 5.82 Å². The molecule has 0 aromatic heterocycles. The molecule has 4 heteroatoms. The normalized spacial score (nSPS) is 12.2. The van der Waals surface area contributed by atoms with E-state index in [0.717, 1.165) is 14.6 Å². The van der Waals surface area contributed by atoms with Gasteiger partial charge in [0.05, 0.1) is 6.04 Å². The largest absolute Gasteiger partial charge is 0.377 e. The molecule has 0 heterocycles. The van der Waals surface area contributed by atoms with Crippen molar-refractivity contribution in [1.82, 2.24) is 0 Å². The van der Waals surface area contributed by atoms with Gasteiger partial charge in [-0.3, -0.25) is 0 Å². The lowest BCUT2D eigenvalue weighted by Gasteiger charge is -2.17. The minimum absolute atomic E-state index is 0.110. The first kappa shape index (κ1) is 13.6. The average Bonchev–Trinajstić information content (AvgIpc) is 2.35. The van der Waals surface area contributed by atoms with E-state index in [1.54, 1.807) is 12.1 Å². The van der Waals surface area contributed by atoms with Crippen LogP contribution in [0.2, 0.25) is 0 Å². The topological polar surface area (TPSA) is 12.0 Å². The maximum atomic E-state index is 13.8. The Morgan fingerprint density at radius 2 is 1.83 bits per heavy atom. The molecule has 2 rings (SSSR count). The van der Waals surface area contributed by atoms with Gasteiger partial charge in [-0.15, -0.1) is 0 Å². The van der Waals surface area contributed by atoms with Crippen molar-refractivity contribution >= 4 is 37.5 Å². The molecule has 18 heavy (non-hydrogen) atoms. The molecule has 0 bridgehead atoms. The highest BCUT2D eigenvalue weighted by molar-refractivity contribution is 9.10. The minimum Gasteiger partial charge on any atom is -0.377 e. The maximum absolute atomic E-state index is 13.8. The molecule has 94 valence electrons. The first-order valence-corrected chi connectivity index (χ1v) is 7.12. The number of nitrogens with one attached hydrogen (secondary N) is 1. The molecule has 2 aromatic rings. The van der Waals surface area contributed by atoms with Crippen molar-refractivity contribution in [2.45, 2.75) is 13.0 Å². The van der Waals surface area contributed by atoms with E-state index in [1.165, 1.54) is 6.07 Å². The fraction of sp³-hybridized carbons (Fsp3) is 0.143. The standard InChI is InChI=1S/C14H12Br2FN/c1-9(11-8-10(15)6-7-13(11)17)18-14-5-3-2-4-12(14)16/h2-9,18H,1H3. The Kier molecular flexibility index (Phi) is 4.40. The Morgan fingerprint density at radius 1 is 1.11 bits per heavy atom. The summed E-state index contributed by atoms with van der Waals surface area (Å²) in [5, 5.41) is 3.29. The summed E-state index contributed by atoms with van der Waals surface area (Å²) in [6, 6.07) is 12.6. The molecule has 0 fully saturated rings. The summed E-state index contributed by atoms with van der Waals surface area (Å²) < 4.78 is 15.6. The van der Waals surface area contributed by atoms with Crippen LogP contribution < -0.4 is 5.32 Å². The molecule has 0 saturated carbocycles. The smallest absolute Gasteiger partial charge is 0.128 e. The lowest BCUT2D eigenvalue weighted by Crippen LogP contribution is -2.09. The summed E-state index contributed by atoms with van der Waals surface area (Å²) in [7, 11) is 0. The van der Waals surface area contributed by atoms with Gasteiger partial charge >= 0.3 is 0 Å². The molecule has 2 aromatic carbocycles. The molecular formula is C14H12Br2FN. The molecule has 1 unspecified atom stereocenters. The summed E-state index contributed by atoms with van der Waals surface area (Å²) in [6.07, 6.45) is 0. The third-order valence-electron chi connectivity index (χ3n) is 2.67. The molecule has 0 amide bonds. The van der Waals surface area contributed by atoms with Crippen molar-refractivity contribution in [3.63, 3.8) is 0 Å². The van der Waals surface area contributed by atoms with Crippen LogP contribution in [0.5, 0.6) is 0 Å². The second kappa shape index (κ2) is 5.85. The van der Waals surface area contributed by atoms with Crippen LogP contribution in [0.15, 0.2) is 51.4 Å². The highest BCUT2D eigenvalue weighted by Crippen LogP contribution is 2.28. The van der Waals surface area contributed by atoms with Crippen LogP contribution in [-0.2, 0) is 0 Å². The summed E-state index contributed by atoms with van der Waals surface area (Å²) >= 11 is 6.83. The lowest BCUT2D eigenvalue weighted by atomic mass is 10.1.